The van der Waals surface area contributed by atoms with Gasteiger partial charge in [-0.25, -0.2) is 0 Å². The first-order valence-corrected chi connectivity index (χ1v) is 7.82. The summed E-state index contributed by atoms with van der Waals surface area (Å²) in [5.41, 5.74) is 0.215. The maximum absolute atomic E-state index is 11.9. The lowest BCUT2D eigenvalue weighted by atomic mass is 10.3. The Morgan fingerprint density at radius 1 is 1.18 bits per heavy atom. The Bertz CT molecular complexity index is 708. The molecule has 2 aromatic rings. The molecule has 0 spiro atoms. The Kier molecular flexibility index (Phi) is 5.65. The standard InChI is InChI=1S/C14H10Cl2N2O3S/c15-9-1-4-11(5-2-9)22-8-14(19)17-13-6-3-10(18(20)21)7-12(13)16/h1-7H,8H2,(H,17,19). The Balaban J connectivity index is 1.94. The summed E-state index contributed by atoms with van der Waals surface area (Å²) in [4.78, 5) is 22.9. The number of non-ortho nitro benzene ring substituents is 1. The van der Waals surface area contributed by atoms with Crippen molar-refractivity contribution in [2.75, 3.05) is 11.1 Å². The Morgan fingerprint density at radius 2 is 1.86 bits per heavy atom. The fourth-order valence-electron chi connectivity index (χ4n) is 1.58. The van der Waals surface area contributed by atoms with Crippen LogP contribution in [0.25, 0.3) is 0 Å². The number of carbonyl (C=O) groups is 1. The number of hydrogen-bond acceptors (Lipinski definition) is 4. The highest BCUT2D eigenvalue weighted by Crippen LogP contribution is 2.27. The summed E-state index contributed by atoms with van der Waals surface area (Å²) in [6.07, 6.45) is 0. The van der Waals surface area contributed by atoms with Crippen molar-refractivity contribution in [1.29, 1.82) is 0 Å². The lowest BCUT2D eigenvalue weighted by Gasteiger charge is -2.07. The van der Waals surface area contributed by atoms with Gasteiger partial charge in [-0.05, 0) is 30.3 Å². The van der Waals surface area contributed by atoms with Gasteiger partial charge in [0.2, 0.25) is 5.91 Å². The van der Waals surface area contributed by atoms with E-state index in [9.17, 15) is 14.9 Å². The zero-order chi connectivity index (χ0) is 16.1. The third kappa shape index (κ3) is 4.62. The first kappa shape index (κ1) is 16.6. The van der Waals surface area contributed by atoms with Crippen LogP contribution in [0.15, 0.2) is 47.4 Å². The van der Waals surface area contributed by atoms with Crippen molar-refractivity contribution in [2.45, 2.75) is 4.90 Å². The summed E-state index contributed by atoms with van der Waals surface area (Å²) in [6, 6.07) is 11.0. The summed E-state index contributed by atoms with van der Waals surface area (Å²) in [5.74, 6) is -0.0645. The second-order valence-electron chi connectivity index (χ2n) is 4.21. The summed E-state index contributed by atoms with van der Waals surface area (Å²) in [5, 5.41) is 14.0. The van der Waals surface area contributed by atoms with E-state index in [0.717, 1.165) is 4.90 Å². The molecule has 0 unspecified atom stereocenters. The Hall–Kier alpha value is -1.76. The maximum atomic E-state index is 11.9. The number of nitrogens with one attached hydrogen (secondary N) is 1. The van der Waals surface area contributed by atoms with E-state index in [1.54, 1.807) is 12.1 Å². The van der Waals surface area contributed by atoms with Crippen LogP contribution in [0.5, 0.6) is 0 Å². The van der Waals surface area contributed by atoms with E-state index >= 15 is 0 Å². The highest BCUT2D eigenvalue weighted by Gasteiger charge is 2.11. The molecule has 0 aromatic heterocycles. The minimum Gasteiger partial charge on any atom is -0.324 e. The van der Waals surface area contributed by atoms with Crippen LogP contribution < -0.4 is 5.32 Å². The smallest absolute Gasteiger partial charge is 0.271 e. The fraction of sp³-hybridized carbons (Fsp3) is 0.0714. The van der Waals surface area contributed by atoms with Gasteiger partial charge in [-0.15, -0.1) is 11.8 Å². The van der Waals surface area contributed by atoms with E-state index in [1.807, 2.05) is 12.1 Å². The van der Waals surface area contributed by atoms with Gasteiger partial charge in [0, 0.05) is 22.1 Å². The number of amides is 1. The van der Waals surface area contributed by atoms with Crippen LogP contribution in [0, 0.1) is 10.1 Å². The van der Waals surface area contributed by atoms with Crippen LogP contribution >= 0.6 is 35.0 Å². The lowest BCUT2D eigenvalue weighted by molar-refractivity contribution is -0.384. The Morgan fingerprint density at radius 3 is 2.45 bits per heavy atom. The van der Waals surface area contributed by atoms with Gasteiger partial charge in [0.25, 0.3) is 5.69 Å². The highest BCUT2D eigenvalue weighted by atomic mass is 35.5. The SMILES string of the molecule is O=C(CSc1ccc(Cl)cc1)Nc1ccc([N+](=O)[O-])cc1Cl. The fourth-order valence-corrected chi connectivity index (χ4v) is 2.63. The van der Waals surface area contributed by atoms with E-state index in [1.165, 1.54) is 30.0 Å². The van der Waals surface area contributed by atoms with E-state index < -0.39 is 4.92 Å². The number of nitrogens with zero attached hydrogens (tertiary/aromatic N) is 1. The largest absolute Gasteiger partial charge is 0.324 e. The third-order valence-corrected chi connectivity index (χ3v) is 4.20. The molecule has 8 heteroatoms. The molecule has 0 fully saturated rings. The number of halogens is 2. The van der Waals surface area contributed by atoms with Gasteiger partial charge < -0.3 is 5.32 Å². The Labute approximate surface area is 140 Å². The number of thioether (sulfide) groups is 1. The minimum absolute atomic E-state index is 0.124. The van der Waals surface area contributed by atoms with Crippen LogP contribution in [0.4, 0.5) is 11.4 Å². The third-order valence-electron chi connectivity index (χ3n) is 2.62. The van der Waals surface area contributed by atoms with Crippen LogP contribution in [0.3, 0.4) is 0 Å². The maximum Gasteiger partial charge on any atom is 0.271 e. The average Bonchev–Trinajstić information content (AvgIpc) is 2.48. The number of hydrogen-bond donors (Lipinski definition) is 1. The van der Waals surface area contributed by atoms with Crippen molar-refractivity contribution < 1.29 is 9.72 Å². The molecule has 0 aliphatic rings. The molecule has 2 rings (SSSR count). The van der Waals surface area contributed by atoms with Gasteiger partial charge in [-0.1, -0.05) is 23.2 Å². The molecule has 0 heterocycles. The molecular weight excluding hydrogens is 347 g/mol. The van der Waals surface area contributed by atoms with E-state index in [-0.39, 0.29) is 22.4 Å². The van der Waals surface area contributed by atoms with Gasteiger partial charge in [0.1, 0.15) is 0 Å². The number of nitro groups is 1. The number of carbonyl (C=O) groups excluding carboxylic acids is 1. The topological polar surface area (TPSA) is 72.2 Å². The molecule has 0 atom stereocenters. The summed E-state index contributed by atoms with van der Waals surface area (Å²) >= 11 is 13.0. The molecule has 5 nitrogen and oxygen atoms in total. The number of benzene rings is 2. The lowest BCUT2D eigenvalue weighted by Crippen LogP contribution is -2.14. The van der Waals surface area contributed by atoms with Crippen LogP contribution in [-0.2, 0) is 4.79 Å². The van der Waals surface area contributed by atoms with E-state index in [4.69, 9.17) is 23.2 Å². The number of rotatable bonds is 5. The monoisotopic (exact) mass is 356 g/mol. The molecule has 1 amide bonds. The predicted molar refractivity (Wildman–Crippen MR) is 88.9 cm³/mol. The molecule has 114 valence electrons. The number of nitro benzene ring substituents is 1. The van der Waals surface area contributed by atoms with Gasteiger partial charge >= 0.3 is 0 Å². The predicted octanol–water partition coefficient (Wildman–Crippen LogP) is 4.63. The van der Waals surface area contributed by atoms with E-state index in [0.29, 0.717) is 10.7 Å². The zero-order valence-corrected chi connectivity index (χ0v) is 13.4. The van der Waals surface area contributed by atoms with Gasteiger partial charge in [-0.3, -0.25) is 14.9 Å². The number of anilines is 1. The zero-order valence-electron chi connectivity index (χ0n) is 11.1. The van der Waals surface area contributed by atoms with Crippen molar-refractivity contribution >= 4 is 52.2 Å². The molecule has 0 aliphatic heterocycles. The summed E-state index contributed by atoms with van der Waals surface area (Å²) in [7, 11) is 0. The van der Waals surface area contributed by atoms with Crippen molar-refractivity contribution in [2.24, 2.45) is 0 Å². The second kappa shape index (κ2) is 7.49. The van der Waals surface area contributed by atoms with E-state index in [2.05, 4.69) is 5.32 Å². The summed E-state index contributed by atoms with van der Waals surface area (Å²) < 4.78 is 0. The molecule has 22 heavy (non-hydrogen) atoms. The van der Waals surface area contributed by atoms with Gasteiger partial charge in [0.15, 0.2) is 0 Å². The van der Waals surface area contributed by atoms with Crippen molar-refractivity contribution in [3.05, 3.63) is 62.6 Å². The van der Waals surface area contributed by atoms with Crippen LogP contribution in [0.1, 0.15) is 0 Å². The summed E-state index contributed by atoms with van der Waals surface area (Å²) in [6.45, 7) is 0. The minimum atomic E-state index is -0.548. The molecule has 0 aliphatic carbocycles. The second-order valence-corrected chi connectivity index (χ2v) is 6.10. The van der Waals surface area contributed by atoms with Gasteiger partial charge in [0.05, 0.1) is 21.4 Å². The molecule has 0 saturated heterocycles. The average molecular weight is 357 g/mol. The van der Waals surface area contributed by atoms with Crippen molar-refractivity contribution in [3.8, 4) is 0 Å². The first-order chi connectivity index (χ1) is 10.5. The molecule has 1 N–H and O–H groups in total. The first-order valence-electron chi connectivity index (χ1n) is 6.08. The molecule has 0 radical (unpaired) electrons. The molecule has 2 aromatic carbocycles. The quantitative estimate of drug-likeness (QED) is 0.481. The van der Waals surface area contributed by atoms with Crippen LogP contribution in [0.2, 0.25) is 10.0 Å². The molecule has 0 saturated carbocycles. The normalized spacial score (nSPS) is 10.3. The van der Waals surface area contributed by atoms with Gasteiger partial charge in [-0.2, -0.15) is 0 Å². The van der Waals surface area contributed by atoms with Crippen molar-refractivity contribution in [1.82, 2.24) is 0 Å². The highest BCUT2D eigenvalue weighted by molar-refractivity contribution is 8.00. The molecular formula is C14H10Cl2N2O3S. The molecule has 0 bridgehead atoms. The van der Waals surface area contributed by atoms with Crippen LogP contribution in [-0.4, -0.2) is 16.6 Å². The van der Waals surface area contributed by atoms with Crippen molar-refractivity contribution in [3.63, 3.8) is 0 Å².